The van der Waals surface area contributed by atoms with Crippen molar-refractivity contribution < 1.29 is 12.8 Å². The molecule has 2 N–H and O–H groups in total. The van der Waals surface area contributed by atoms with E-state index < -0.39 is 10.0 Å². The van der Waals surface area contributed by atoms with E-state index in [0.717, 1.165) is 5.76 Å². The van der Waals surface area contributed by atoms with Crippen LogP contribution in [0.3, 0.4) is 0 Å². The highest BCUT2D eigenvalue weighted by atomic mass is 32.2. The highest BCUT2D eigenvalue weighted by Crippen LogP contribution is 2.22. The zero-order chi connectivity index (χ0) is 14.9. The van der Waals surface area contributed by atoms with E-state index in [2.05, 4.69) is 5.10 Å². The number of aromatic nitrogens is 2. The van der Waals surface area contributed by atoms with Crippen molar-refractivity contribution in [1.29, 1.82) is 0 Å². The van der Waals surface area contributed by atoms with Gasteiger partial charge in [0.05, 0.1) is 6.54 Å². The second-order valence-corrected chi connectivity index (χ2v) is 6.52. The summed E-state index contributed by atoms with van der Waals surface area (Å²) in [6, 6.07) is 3.54. The zero-order valence-corrected chi connectivity index (χ0v) is 12.5. The van der Waals surface area contributed by atoms with Gasteiger partial charge in [0.2, 0.25) is 10.0 Å². The van der Waals surface area contributed by atoms with Crippen LogP contribution in [0.2, 0.25) is 0 Å². The Kier molecular flexibility index (Phi) is 3.87. The summed E-state index contributed by atoms with van der Waals surface area (Å²) >= 11 is 0. The lowest BCUT2D eigenvalue weighted by Crippen LogP contribution is -2.26. The predicted octanol–water partition coefficient (Wildman–Crippen LogP) is 1.21. The molecule has 2 aromatic heterocycles. The van der Waals surface area contributed by atoms with Gasteiger partial charge in [-0.05, 0) is 26.0 Å². The summed E-state index contributed by atoms with van der Waals surface area (Å²) in [5, 5.41) is 3.95. The third-order valence-corrected chi connectivity index (χ3v) is 4.76. The van der Waals surface area contributed by atoms with Crippen LogP contribution in [-0.2, 0) is 23.1 Å². The van der Waals surface area contributed by atoms with E-state index in [0.29, 0.717) is 12.3 Å². The van der Waals surface area contributed by atoms with Gasteiger partial charge in [0, 0.05) is 19.8 Å². The molecule has 0 unspecified atom stereocenters. The van der Waals surface area contributed by atoms with Crippen molar-refractivity contribution in [2.75, 3.05) is 12.8 Å². The molecule has 0 saturated carbocycles. The van der Waals surface area contributed by atoms with Gasteiger partial charge < -0.3 is 10.2 Å². The molecule has 0 spiro atoms. The molecule has 20 heavy (non-hydrogen) atoms. The van der Waals surface area contributed by atoms with Crippen molar-refractivity contribution in [3.05, 3.63) is 29.9 Å². The summed E-state index contributed by atoms with van der Waals surface area (Å²) in [6.45, 7) is 4.37. The van der Waals surface area contributed by atoms with Crippen molar-refractivity contribution in [1.82, 2.24) is 14.1 Å². The van der Waals surface area contributed by atoms with E-state index in [4.69, 9.17) is 10.2 Å². The van der Waals surface area contributed by atoms with Gasteiger partial charge in [-0.15, -0.1) is 0 Å². The number of sulfonamides is 1. The van der Waals surface area contributed by atoms with Gasteiger partial charge in [0.1, 0.15) is 16.4 Å². The topological polar surface area (TPSA) is 94.4 Å². The molecule has 0 bridgehead atoms. The van der Waals surface area contributed by atoms with Crippen LogP contribution in [0, 0.1) is 6.92 Å². The highest BCUT2D eigenvalue weighted by Gasteiger charge is 2.26. The first-order chi connectivity index (χ1) is 9.34. The lowest BCUT2D eigenvalue weighted by molar-refractivity contribution is 0.397. The number of rotatable bonds is 5. The number of anilines is 1. The Hall–Kier alpha value is -1.80. The van der Waals surface area contributed by atoms with Crippen LogP contribution in [0.1, 0.15) is 18.4 Å². The summed E-state index contributed by atoms with van der Waals surface area (Å²) in [5.74, 6) is 1.33. The number of hydrogen-bond acceptors (Lipinski definition) is 5. The van der Waals surface area contributed by atoms with E-state index in [9.17, 15) is 8.42 Å². The lowest BCUT2D eigenvalue weighted by Gasteiger charge is -2.14. The van der Waals surface area contributed by atoms with Crippen LogP contribution in [-0.4, -0.2) is 29.6 Å². The molecule has 7 nitrogen and oxygen atoms in total. The number of nitrogens with two attached hydrogens (primary N) is 1. The van der Waals surface area contributed by atoms with E-state index in [1.54, 1.807) is 19.1 Å². The minimum atomic E-state index is -3.68. The Balaban J connectivity index is 2.26. The highest BCUT2D eigenvalue weighted by molar-refractivity contribution is 7.89. The first-order valence-corrected chi connectivity index (χ1v) is 7.63. The van der Waals surface area contributed by atoms with E-state index in [1.165, 1.54) is 22.2 Å². The molecule has 0 aliphatic carbocycles. The van der Waals surface area contributed by atoms with Crippen molar-refractivity contribution in [2.24, 2.45) is 0 Å². The van der Waals surface area contributed by atoms with E-state index in [1.807, 2.05) is 6.92 Å². The van der Waals surface area contributed by atoms with Crippen LogP contribution < -0.4 is 5.73 Å². The quantitative estimate of drug-likeness (QED) is 0.895. The third-order valence-electron chi connectivity index (χ3n) is 2.94. The van der Waals surface area contributed by atoms with Gasteiger partial charge in [0.15, 0.2) is 5.82 Å². The minimum absolute atomic E-state index is 0.00863. The molecule has 0 atom stereocenters. The first kappa shape index (κ1) is 14.6. The Bertz CT molecular complexity index is 702. The molecule has 0 aliphatic rings. The fraction of sp³-hybridized carbons (Fsp3) is 0.417. The standard InChI is InChI=1S/C12H18N4O3S/c1-4-16-8-11(12(13)14-16)20(17,18)15(3)7-10-6-5-9(2)19-10/h5-6,8H,4,7H2,1-3H3,(H2,13,14). The monoisotopic (exact) mass is 298 g/mol. The summed E-state index contributed by atoms with van der Waals surface area (Å²) in [6.07, 6.45) is 1.44. The molecule has 2 aromatic rings. The third kappa shape index (κ3) is 2.70. The average Bonchev–Trinajstić information content (AvgIpc) is 2.95. The van der Waals surface area contributed by atoms with E-state index >= 15 is 0 Å². The fourth-order valence-electron chi connectivity index (χ4n) is 1.82. The van der Waals surface area contributed by atoms with Gasteiger partial charge in [0.25, 0.3) is 0 Å². The van der Waals surface area contributed by atoms with Crippen molar-refractivity contribution in [2.45, 2.75) is 31.8 Å². The predicted molar refractivity (Wildman–Crippen MR) is 74.4 cm³/mol. The molecule has 0 radical (unpaired) electrons. The van der Waals surface area contributed by atoms with Crippen LogP contribution in [0.5, 0.6) is 0 Å². The van der Waals surface area contributed by atoms with Crippen molar-refractivity contribution in [3.8, 4) is 0 Å². The minimum Gasteiger partial charge on any atom is -0.465 e. The van der Waals surface area contributed by atoms with Crippen molar-refractivity contribution >= 4 is 15.8 Å². The number of hydrogen-bond donors (Lipinski definition) is 1. The normalized spacial score (nSPS) is 12.2. The SMILES string of the molecule is CCn1cc(S(=O)(=O)N(C)Cc2ccc(C)o2)c(N)n1. The maximum atomic E-state index is 12.4. The molecular weight excluding hydrogens is 280 g/mol. The molecule has 0 amide bonds. The van der Waals surface area contributed by atoms with Gasteiger partial charge in [-0.2, -0.15) is 9.40 Å². The van der Waals surface area contributed by atoms with Crippen LogP contribution in [0.25, 0.3) is 0 Å². The van der Waals surface area contributed by atoms with Gasteiger partial charge in [-0.3, -0.25) is 4.68 Å². The Morgan fingerprint density at radius 2 is 2.15 bits per heavy atom. The maximum absolute atomic E-state index is 12.4. The van der Waals surface area contributed by atoms with Crippen LogP contribution >= 0.6 is 0 Å². The second kappa shape index (κ2) is 5.29. The number of furan rings is 1. The molecule has 2 heterocycles. The Labute approximate surface area is 118 Å². The molecule has 110 valence electrons. The van der Waals surface area contributed by atoms with Crippen LogP contribution in [0.15, 0.2) is 27.6 Å². The molecule has 0 fully saturated rings. The number of nitrogen functional groups attached to an aromatic ring is 1. The Morgan fingerprint density at radius 1 is 1.45 bits per heavy atom. The van der Waals surface area contributed by atoms with Crippen molar-refractivity contribution in [3.63, 3.8) is 0 Å². The number of aryl methyl sites for hydroxylation is 2. The summed E-state index contributed by atoms with van der Waals surface area (Å²) in [4.78, 5) is 0.0186. The molecule has 0 saturated heterocycles. The molecule has 0 aliphatic heterocycles. The average molecular weight is 298 g/mol. The first-order valence-electron chi connectivity index (χ1n) is 6.19. The Morgan fingerprint density at radius 3 is 2.65 bits per heavy atom. The molecule has 0 aromatic carbocycles. The zero-order valence-electron chi connectivity index (χ0n) is 11.7. The molecular formula is C12H18N4O3S. The fourth-order valence-corrected chi connectivity index (χ4v) is 3.01. The van der Waals surface area contributed by atoms with E-state index in [-0.39, 0.29) is 17.3 Å². The van der Waals surface area contributed by atoms with Crippen LogP contribution in [0.4, 0.5) is 5.82 Å². The van der Waals surface area contributed by atoms with Gasteiger partial charge >= 0.3 is 0 Å². The lowest BCUT2D eigenvalue weighted by atomic mass is 10.4. The summed E-state index contributed by atoms with van der Waals surface area (Å²) in [7, 11) is -2.20. The summed E-state index contributed by atoms with van der Waals surface area (Å²) < 4.78 is 33.0. The number of nitrogens with zero attached hydrogens (tertiary/aromatic N) is 3. The maximum Gasteiger partial charge on any atom is 0.248 e. The largest absolute Gasteiger partial charge is 0.465 e. The molecule has 2 rings (SSSR count). The van der Waals surface area contributed by atoms with Gasteiger partial charge in [-0.25, -0.2) is 8.42 Å². The smallest absolute Gasteiger partial charge is 0.248 e. The van der Waals surface area contributed by atoms with Gasteiger partial charge in [-0.1, -0.05) is 0 Å². The second-order valence-electron chi connectivity index (χ2n) is 4.51. The molecule has 8 heteroatoms. The summed E-state index contributed by atoms with van der Waals surface area (Å²) in [5.41, 5.74) is 5.68.